The van der Waals surface area contributed by atoms with Gasteiger partial charge in [0.2, 0.25) is 5.91 Å². The van der Waals surface area contributed by atoms with Crippen molar-refractivity contribution in [2.45, 2.75) is 12.5 Å². The van der Waals surface area contributed by atoms with Gasteiger partial charge in [0.1, 0.15) is 0 Å². The first-order chi connectivity index (χ1) is 12.6. The van der Waals surface area contributed by atoms with Crippen molar-refractivity contribution in [2.75, 3.05) is 36.0 Å². The van der Waals surface area contributed by atoms with Crippen LogP contribution in [-0.2, 0) is 9.59 Å². The molecule has 0 radical (unpaired) electrons. The number of hydrogen-bond donors (Lipinski definition) is 0. The molecule has 2 fully saturated rings. The van der Waals surface area contributed by atoms with Crippen LogP contribution in [0.3, 0.4) is 0 Å². The Kier molecular flexibility index (Phi) is 4.78. The Labute approximate surface area is 161 Å². The minimum atomic E-state index is -0.343. The van der Waals surface area contributed by atoms with Crippen molar-refractivity contribution in [3.8, 4) is 0 Å². The number of carbonyl (C=O) groups is 2. The van der Waals surface area contributed by atoms with Gasteiger partial charge in [-0.25, -0.2) is 4.90 Å². The zero-order valence-corrected chi connectivity index (χ0v) is 15.9. The second-order valence-electron chi connectivity index (χ2n) is 6.62. The third-order valence-electron chi connectivity index (χ3n) is 5.08. The molecule has 6 heteroatoms. The summed E-state index contributed by atoms with van der Waals surface area (Å²) in [5, 5.41) is 0. The summed E-state index contributed by atoms with van der Waals surface area (Å²) in [6.45, 7) is 3.29. The van der Waals surface area contributed by atoms with Crippen molar-refractivity contribution in [1.82, 2.24) is 4.90 Å². The van der Waals surface area contributed by atoms with Crippen LogP contribution in [0, 0.1) is 0 Å². The van der Waals surface area contributed by atoms with Gasteiger partial charge < -0.3 is 4.90 Å². The van der Waals surface area contributed by atoms with Crippen LogP contribution in [-0.4, -0.2) is 48.9 Å². The van der Waals surface area contributed by atoms with Crippen LogP contribution < -0.4 is 9.80 Å². The van der Waals surface area contributed by atoms with Gasteiger partial charge in [0.15, 0.2) is 0 Å². The SMILES string of the molecule is O=C1CC(N2CCN(c3ccccc3)CC2)C(=O)N1c1ccc(Br)cc1. The lowest BCUT2D eigenvalue weighted by atomic mass is 10.1. The summed E-state index contributed by atoms with van der Waals surface area (Å²) in [5.41, 5.74) is 1.85. The van der Waals surface area contributed by atoms with E-state index in [1.807, 2.05) is 30.3 Å². The second kappa shape index (κ2) is 7.21. The van der Waals surface area contributed by atoms with E-state index in [0.717, 1.165) is 30.7 Å². The minimum Gasteiger partial charge on any atom is -0.369 e. The van der Waals surface area contributed by atoms with E-state index in [4.69, 9.17) is 0 Å². The third-order valence-corrected chi connectivity index (χ3v) is 5.61. The van der Waals surface area contributed by atoms with Crippen LogP contribution >= 0.6 is 15.9 Å². The lowest BCUT2D eigenvalue weighted by Gasteiger charge is -2.38. The minimum absolute atomic E-state index is 0.106. The summed E-state index contributed by atoms with van der Waals surface area (Å²) in [6, 6.07) is 17.3. The highest BCUT2D eigenvalue weighted by Crippen LogP contribution is 2.28. The Morgan fingerprint density at radius 3 is 2.12 bits per heavy atom. The van der Waals surface area contributed by atoms with Gasteiger partial charge >= 0.3 is 0 Å². The fourth-order valence-electron chi connectivity index (χ4n) is 3.69. The van der Waals surface area contributed by atoms with E-state index in [1.54, 1.807) is 12.1 Å². The molecule has 26 heavy (non-hydrogen) atoms. The Morgan fingerprint density at radius 1 is 0.808 bits per heavy atom. The molecule has 2 aliphatic heterocycles. The van der Waals surface area contributed by atoms with Crippen LogP contribution in [0.2, 0.25) is 0 Å². The highest BCUT2D eigenvalue weighted by Gasteiger charge is 2.43. The van der Waals surface area contributed by atoms with Gasteiger partial charge in [-0.05, 0) is 36.4 Å². The lowest BCUT2D eigenvalue weighted by molar-refractivity contribution is -0.123. The zero-order valence-electron chi connectivity index (χ0n) is 14.3. The maximum absolute atomic E-state index is 12.9. The molecular formula is C20H20BrN3O2. The summed E-state index contributed by atoms with van der Waals surface area (Å²) in [4.78, 5) is 31.2. The van der Waals surface area contributed by atoms with E-state index < -0.39 is 0 Å². The number of imide groups is 1. The molecule has 1 unspecified atom stereocenters. The molecule has 0 saturated carbocycles. The molecule has 2 heterocycles. The fraction of sp³-hybridized carbons (Fsp3) is 0.300. The quantitative estimate of drug-likeness (QED) is 0.725. The maximum Gasteiger partial charge on any atom is 0.251 e. The first-order valence-electron chi connectivity index (χ1n) is 8.80. The molecule has 0 N–H and O–H groups in total. The van der Waals surface area contributed by atoms with Crippen molar-refractivity contribution < 1.29 is 9.59 Å². The van der Waals surface area contributed by atoms with E-state index in [-0.39, 0.29) is 24.3 Å². The van der Waals surface area contributed by atoms with Gasteiger partial charge in [-0.15, -0.1) is 0 Å². The summed E-state index contributed by atoms with van der Waals surface area (Å²) < 4.78 is 0.925. The zero-order chi connectivity index (χ0) is 18.1. The predicted octanol–water partition coefficient (Wildman–Crippen LogP) is 2.90. The second-order valence-corrected chi connectivity index (χ2v) is 7.54. The first-order valence-corrected chi connectivity index (χ1v) is 9.59. The largest absolute Gasteiger partial charge is 0.369 e. The first kappa shape index (κ1) is 17.2. The third kappa shape index (κ3) is 3.27. The number of carbonyl (C=O) groups excluding carboxylic acids is 2. The van der Waals surface area contributed by atoms with Gasteiger partial charge in [0.25, 0.3) is 5.91 Å². The number of para-hydroxylation sites is 1. The standard InChI is InChI=1S/C20H20BrN3O2/c21-15-6-8-17(9-7-15)24-19(25)14-18(20(24)26)23-12-10-22(11-13-23)16-4-2-1-3-5-16/h1-9,18H,10-14H2. The van der Waals surface area contributed by atoms with Gasteiger partial charge in [-0.3, -0.25) is 14.5 Å². The Hall–Kier alpha value is -2.18. The number of benzene rings is 2. The predicted molar refractivity (Wildman–Crippen MR) is 105 cm³/mol. The topological polar surface area (TPSA) is 43.9 Å². The number of nitrogens with zero attached hydrogens (tertiary/aromatic N) is 3. The molecule has 5 nitrogen and oxygen atoms in total. The summed E-state index contributed by atoms with van der Waals surface area (Å²) in [5.74, 6) is -0.224. The van der Waals surface area contributed by atoms with E-state index in [2.05, 4.69) is 37.9 Å². The van der Waals surface area contributed by atoms with Gasteiger partial charge in [0, 0.05) is 36.3 Å². The number of piperazine rings is 1. The number of hydrogen-bond acceptors (Lipinski definition) is 4. The molecule has 1 atom stereocenters. The van der Waals surface area contributed by atoms with E-state index >= 15 is 0 Å². The van der Waals surface area contributed by atoms with E-state index in [9.17, 15) is 9.59 Å². The van der Waals surface area contributed by atoms with Gasteiger partial charge in [0.05, 0.1) is 18.2 Å². The number of halogens is 1. The molecular weight excluding hydrogens is 394 g/mol. The molecule has 2 aliphatic rings. The molecule has 2 amide bonds. The van der Waals surface area contributed by atoms with Crippen molar-refractivity contribution in [3.63, 3.8) is 0 Å². The lowest BCUT2D eigenvalue weighted by Crippen LogP contribution is -2.52. The highest BCUT2D eigenvalue weighted by molar-refractivity contribution is 9.10. The Balaban J connectivity index is 1.44. The van der Waals surface area contributed by atoms with Crippen LogP contribution in [0.15, 0.2) is 59.1 Å². The Bertz CT molecular complexity index is 802. The molecule has 2 saturated heterocycles. The van der Waals surface area contributed by atoms with Crippen molar-refractivity contribution >= 4 is 39.1 Å². The molecule has 0 aliphatic carbocycles. The number of anilines is 2. The van der Waals surface area contributed by atoms with Crippen LogP contribution in [0.25, 0.3) is 0 Å². The average Bonchev–Trinajstić information content (AvgIpc) is 2.98. The number of rotatable bonds is 3. The normalized spacial score (nSPS) is 21.5. The molecule has 2 aromatic rings. The van der Waals surface area contributed by atoms with Crippen LogP contribution in [0.5, 0.6) is 0 Å². The molecule has 134 valence electrons. The Morgan fingerprint density at radius 2 is 1.46 bits per heavy atom. The molecule has 0 bridgehead atoms. The molecule has 2 aromatic carbocycles. The average molecular weight is 414 g/mol. The smallest absolute Gasteiger partial charge is 0.251 e. The van der Waals surface area contributed by atoms with E-state index in [0.29, 0.717) is 5.69 Å². The van der Waals surface area contributed by atoms with E-state index in [1.165, 1.54) is 10.6 Å². The maximum atomic E-state index is 12.9. The van der Waals surface area contributed by atoms with Gasteiger partial charge in [-0.2, -0.15) is 0 Å². The number of amides is 2. The van der Waals surface area contributed by atoms with Crippen LogP contribution in [0.1, 0.15) is 6.42 Å². The van der Waals surface area contributed by atoms with Crippen molar-refractivity contribution in [1.29, 1.82) is 0 Å². The van der Waals surface area contributed by atoms with Gasteiger partial charge in [-0.1, -0.05) is 34.1 Å². The van der Waals surface area contributed by atoms with Crippen LogP contribution in [0.4, 0.5) is 11.4 Å². The fourth-order valence-corrected chi connectivity index (χ4v) is 3.96. The molecule has 4 rings (SSSR count). The summed E-state index contributed by atoms with van der Waals surface area (Å²) in [6.07, 6.45) is 0.264. The van der Waals surface area contributed by atoms with Crippen molar-refractivity contribution in [2.24, 2.45) is 0 Å². The summed E-state index contributed by atoms with van der Waals surface area (Å²) >= 11 is 3.38. The summed E-state index contributed by atoms with van der Waals surface area (Å²) in [7, 11) is 0. The molecule has 0 aromatic heterocycles. The monoisotopic (exact) mass is 413 g/mol. The molecule has 0 spiro atoms. The van der Waals surface area contributed by atoms with Crippen molar-refractivity contribution in [3.05, 3.63) is 59.1 Å². The highest BCUT2D eigenvalue weighted by atomic mass is 79.9.